The fraction of sp³-hybridized carbons (Fsp3) is 0.846. The van der Waals surface area contributed by atoms with Crippen LogP contribution in [0.5, 0.6) is 0 Å². The smallest absolute Gasteiger partial charge is 0.0127 e. The summed E-state index contributed by atoms with van der Waals surface area (Å²) < 4.78 is 0. The van der Waals surface area contributed by atoms with E-state index in [0.29, 0.717) is 0 Å². The van der Waals surface area contributed by atoms with E-state index in [-0.39, 0.29) is 0 Å². The SMILES string of the molecule is CNC(=C1CCCC1)C1CCCCC1. The van der Waals surface area contributed by atoms with Gasteiger partial charge in [0.2, 0.25) is 0 Å². The van der Waals surface area contributed by atoms with Crippen LogP contribution in [0.4, 0.5) is 0 Å². The molecule has 0 aromatic heterocycles. The highest BCUT2D eigenvalue weighted by atomic mass is 14.8. The summed E-state index contributed by atoms with van der Waals surface area (Å²) >= 11 is 0. The van der Waals surface area contributed by atoms with Crippen LogP contribution in [0.1, 0.15) is 57.8 Å². The Morgan fingerprint density at radius 1 is 1.00 bits per heavy atom. The lowest BCUT2D eigenvalue weighted by atomic mass is 9.85. The van der Waals surface area contributed by atoms with E-state index in [1.165, 1.54) is 57.8 Å². The van der Waals surface area contributed by atoms with Gasteiger partial charge in [-0.1, -0.05) is 24.8 Å². The molecule has 0 saturated heterocycles. The molecule has 0 atom stereocenters. The lowest BCUT2D eigenvalue weighted by Crippen LogP contribution is -2.20. The highest BCUT2D eigenvalue weighted by Gasteiger charge is 2.21. The molecule has 2 aliphatic rings. The third-order valence-corrected chi connectivity index (χ3v) is 3.87. The van der Waals surface area contributed by atoms with Crippen LogP contribution < -0.4 is 5.32 Å². The molecule has 0 unspecified atom stereocenters. The molecule has 0 spiro atoms. The molecule has 1 nitrogen and oxygen atoms in total. The first-order chi connectivity index (χ1) is 6.92. The zero-order valence-electron chi connectivity index (χ0n) is 9.44. The fourth-order valence-corrected chi connectivity index (χ4v) is 3.13. The molecule has 0 bridgehead atoms. The van der Waals surface area contributed by atoms with Crippen LogP contribution in [0.3, 0.4) is 0 Å². The van der Waals surface area contributed by atoms with Gasteiger partial charge < -0.3 is 5.32 Å². The van der Waals surface area contributed by atoms with Crippen LogP contribution in [-0.4, -0.2) is 7.05 Å². The van der Waals surface area contributed by atoms with Crippen LogP contribution >= 0.6 is 0 Å². The maximum atomic E-state index is 3.49. The van der Waals surface area contributed by atoms with Gasteiger partial charge in [-0.25, -0.2) is 0 Å². The Bertz CT molecular complexity index is 203. The molecule has 2 aliphatic carbocycles. The van der Waals surface area contributed by atoms with E-state index < -0.39 is 0 Å². The van der Waals surface area contributed by atoms with Crippen molar-refractivity contribution in [2.45, 2.75) is 57.8 Å². The van der Waals surface area contributed by atoms with Gasteiger partial charge in [0.25, 0.3) is 0 Å². The van der Waals surface area contributed by atoms with Crippen molar-refractivity contribution in [2.24, 2.45) is 5.92 Å². The molecule has 0 heterocycles. The summed E-state index contributed by atoms with van der Waals surface area (Å²) in [5.74, 6) is 0.877. The Balaban J connectivity index is 2.06. The molecule has 0 aliphatic heterocycles. The summed E-state index contributed by atoms with van der Waals surface area (Å²) in [6, 6.07) is 0. The van der Waals surface area contributed by atoms with E-state index in [2.05, 4.69) is 12.4 Å². The predicted molar refractivity (Wildman–Crippen MR) is 61.1 cm³/mol. The van der Waals surface area contributed by atoms with Crippen molar-refractivity contribution < 1.29 is 0 Å². The molecule has 80 valence electrons. The van der Waals surface area contributed by atoms with E-state index in [1.54, 1.807) is 11.3 Å². The highest BCUT2D eigenvalue weighted by molar-refractivity contribution is 5.18. The van der Waals surface area contributed by atoms with E-state index >= 15 is 0 Å². The standard InChI is InChI=1S/C13H23N/c1-14-13(12-9-5-6-10-12)11-7-3-2-4-8-11/h11,14H,2-10H2,1H3. The van der Waals surface area contributed by atoms with Crippen LogP contribution in [0.25, 0.3) is 0 Å². The Morgan fingerprint density at radius 2 is 1.64 bits per heavy atom. The maximum Gasteiger partial charge on any atom is 0.0127 e. The van der Waals surface area contributed by atoms with Gasteiger partial charge in [0.05, 0.1) is 0 Å². The molecule has 0 aromatic carbocycles. The van der Waals surface area contributed by atoms with E-state index in [4.69, 9.17) is 0 Å². The molecular weight excluding hydrogens is 170 g/mol. The van der Waals surface area contributed by atoms with Gasteiger partial charge in [-0.05, 0) is 44.4 Å². The van der Waals surface area contributed by atoms with Crippen molar-refractivity contribution in [3.05, 3.63) is 11.3 Å². The second-order valence-corrected chi connectivity index (χ2v) is 4.81. The Morgan fingerprint density at radius 3 is 2.21 bits per heavy atom. The van der Waals surface area contributed by atoms with E-state index in [1.807, 2.05) is 0 Å². The van der Waals surface area contributed by atoms with Crippen LogP contribution in [0, 0.1) is 5.92 Å². The summed E-state index contributed by atoms with van der Waals surface area (Å²) in [5, 5.41) is 3.49. The maximum absolute atomic E-state index is 3.49. The molecule has 0 radical (unpaired) electrons. The predicted octanol–water partition coefficient (Wildman–Crippen LogP) is 3.61. The lowest BCUT2D eigenvalue weighted by molar-refractivity contribution is 0.387. The lowest BCUT2D eigenvalue weighted by Gasteiger charge is -2.26. The fourth-order valence-electron chi connectivity index (χ4n) is 3.13. The Hall–Kier alpha value is -0.460. The normalized spacial score (nSPS) is 23.9. The number of hydrogen-bond acceptors (Lipinski definition) is 1. The van der Waals surface area contributed by atoms with Crippen molar-refractivity contribution in [3.63, 3.8) is 0 Å². The van der Waals surface area contributed by atoms with Gasteiger partial charge in [0.1, 0.15) is 0 Å². The summed E-state index contributed by atoms with van der Waals surface area (Å²) in [4.78, 5) is 0. The van der Waals surface area contributed by atoms with Crippen molar-refractivity contribution >= 4 is 0 Å². The Kier molecular flexibility index (Phi) is 3.49. The summed E-state index contributed by atoms with van der Waals surface area (Å²) in [6.07, 6.45) is 12.8. The first kappa shape index (κ1) is 10.1. The van der Waals surface area contributed by atoms with Gasteiger partial charge in [0, 0.05) is 12.7 Å². The number of nitrogens with one attached hydrogen (secondary N) is 1. The average molecular weight is 193 g/mol. The molecule has 2 saturated carbocycles. The number of allylic oxidation sites excluding steroid dienone is 2. The minimum absolute atomic E-state index is 0.877. The number of rotatable bonds is 2. The second-order valence-electron chi connectivity index (χ2n) is 4.81. The van der Waals surface area contributed by atoms with Gasteiger partial charge in [0.15, 0.2) is 0 Å². The monoisotopic (exact) mass is 193 g/mol. The summed E-state index contributed by atoms with van der Waals surface area (Å²) in [7, 11) is 2.12. The summed E-state index contributed by atoms with van der Waals surface area (Å²) in [6.45, 7) is 0. The molecule has 1 heteroatoms. The topological polar surface area (TPSA) is 12.0 Å². The summed E-state index contributed by atoms with van der Waals surface area (Å²) in [5.41, 5.74) is 3.38. The van der Waals surface area contributed by atoms with E-state index in [9.17, 15) is 0 Å². The molecule has 14 heavy (non-hydrogen) atoms. The van der Waals surface area contributed by atoms with Gasteiger partial charge in [-0.2, -0.15) is 0 Å². The highest BCUT2D eigenvalue weighted by Crippen LogP contribution is 2.34. The van der Waals surface area contributed by atoms with Gasteiger partial charge in [-0.15, -0.1) is 0 Å². The van der Waals surface area contributed by atoms with Crippen molar-refractivity contribution in [1.29, 1.82) is 0 Å². The second kappa shape index (κ2) is 4.86. The number of hydrogen-bond donors (Lipinski definition) is 1. The van der Waals surface area contributed by atoms with Crippen LogP contribution in [0.2, 0.25) is 0 Å². The molecule has 0 aromatic rings. The third kappa shape index (κ3) is 2.13. The third-order valence-electron chi connectivity index (χ3n) is 3.87. The van der Waals surface area contributed by atoms with Crippen LogP contribution in [0.15, 0.2) is 11.3 Å². The minimum Gasteiger partial charge on any atom is -0.391 e. The molecule has 2 rings (SSSR count). The molecule has 2 fully saturated rings. The molecule has 0 amide bonds. The minimum atomic E-state index is 0.877. The Labute approximate surface area is 88.0 Å². The zero-order valence-corrected chi connectivity index (χ0v) is 9.44. The zero-order chi connectivity index (χ0) is 9.80. The van der Waals surface area contributed by atoms with E-state index in [0.717, 1.165) is 5.92 Å². The van der Waals surface area contributed by atoms with Gasteiger partial charge >= 0.3 is 0 Å². The van der Waals surface area contributed by atoms with Gasteiger partial charge in [-0.3, -0.25) is 0 Å². The molecule has 1 N–H and O–H groups in total. The first-order valence-electron chi connectivity index (χ1n) is 6.31. The van der Waals surface area contributed by atoms with Crippen molar-refractivity contribution in [3.8, 4) is 0 Å². The van der Waals surface area contributed by atoms with Crippen LogP contribution in [-0.2, 0) is 0 Å². The van der Waals surface area contributed by atoms with Crippen molar-refractivity contribution in [2.75, 3.05) is 7.05 Å². The molecular formula is C13H23N. The van der Waals surface area contributed by atoms with Crippen molar-refractivity contribution in [1.82, 2.24) is 5.32 Å². The quantitative estimate of drug-likeness (QED) is 0.706. The largest absolute Gasteiger partial charge is 0.391 e. The average Bonchev–Trinajstić information content (AvgIpc) is 2.74. The first-order valence-corrected chi connectivity index (χ1v) is 6.31.